The number of halogens is 1. The molecule has 1 saturated heterocycles. The van der Waals surface area contributed by atoms with Crippen molar-refractivity contribution in [3.8, 4) is 0 Å². The Morgan fingerprint density at radius 3 is 2.64 bits per heavy atom. The van der Waals surface area contributed by atoms with Gasteiger partial charge in [0.25, 0.3) is 0 Å². The lowest BCUT2D eigenvalue weighted by Gasteiger charge is -2.59. The van der Waals surface area contributed by atoms with Crippen molar-refractivity contribution < 1.29 is 9.59 Å². The zero-order valence-corrected chi connectivity index (χ0v) is 15.1. The molecule has 0 aromatic carbocycles. The molecule has 4 rings (SSSR count). The zero-order chi connectivity index (χ0) is 15.7. The Hall–Kier alpha value is -0.380. The Kier molecular flexibility index (Phi) is 3.32. The number of piperidine rings is 1. The van der Waals surface area contributed by atoms with Gasteiger partial charge in [-0.3, -0.25) is 9.59 Å². The molecule has 3 aliphatic carbocycles. The summed E-state index contributed by atoms with van der Waals surface area (Å²) in [6, 6.07) is 0.330. The third-order valence-corrected chi connectivity index (χ3v) is 8.54. The van der Waals surface area contributed by atoms with E-state index in [0.29, 0.717) is 29.6 Å². The molecule has 0 bridgehead atoms. The van der Waals surface area contributed by atoms with Gasteiger partial charge in [0.05, 0.1) is 4.83 Å². The highest BCUT2D eigenvalue weighted by Gasteiger charge is 2.61. The minimum absolute atomic E-state index is 0.0456. The predicted octanol–water partition coefficient (Wildman–Crippen LogP) is 3.45. The molecular weight excluding hydrogens is 342 g/mol. The van der Waals surface area contributed by atoms with Crippen LogP contribution in [0.3, 0.4) is 0 Å². The van der Waals surface area contributed by atoms with Gasteiger partial charge in [0.1, 0.15) is 5.78 Å². The molecule has 3 saturated carbocycles. The van der Waals surface area contributed by atoms with Gasteiger partial charge < -0.3 is 5.32 Å². The summed E-state index contributed by atoms with van der Waals surface area (Å²) in [6.07, 6.45) is 7.33. The molecule has 3 nitrogen and oxygen atoms in total. The molecule has 1 aliphatic heterocycles. The minimum Gasteiger partial charge on any atom is -0.352 e. The molecule has 1 N–H and O–H groups in total. The Morgan fingerprint density at radius 2 is 1.86 bits per heavy atom. The van der Waals surface area contributed by atoms with E-state index in [1.54, 1.807) is 0 Å². The summed E-state index contributed by atoms with van der Waals surface area (Å²) in [4.78, 5) is 24.4. The van der Waals surface area contributed by atoms with Crippen molar-refractivity contribution in [1.82, 2.24) is 5.32 Å². The van der Waals surface area contributed by atoms with Crippen LogP contribution in [0.4, 0.5) is 0 Å². The molecular formula is C18H26BrNO2. The molecule has 4 fully saturated rings. The smallest absolute Gasteiger partial charge is 0.234 e. The number of hydrogen-bond acceptors (Lipinski definition) is 2. The number of nitrogens with one attached hydrogen (secondary N) is 1. The molecule has 4 aliphatic rings. The molecule has 0 spiro atoms. The fourth-order valence-electron chi connectivity index (χ4n) is 6.50. The van der Waals surface area contributed by atoms with Gasteiger partial charge in [-0.2, -0.15) is 0 Å². The second kappa shape index (κ2) is 4.81. The van der Waals surface area contributed by atoms with Crippen molar-refractivity contribution in [2.24, 2.45) is 28.6 Å². The summed E-state index contributed by atoms with van der Waals surface area (Å²) in [7, 11) is 0. The van der Waals surface area contributed by atoms with Gasteiger partial charge in [0.2, 0.25) is 5.91 Å². The lowest BCUT2D eigenvalue weighted by atomic mass is 9.47. The molecule has 22 heavy (non-hydrogen) atoms. The lowest BCUT2D eigenvalue weighted by Crippen LogP contribution is -2.63. The fourth-order valence-corrected chi connectivity index (χ4v) is 7.33. The van der Waals surface area contributed by atoms with Crippen LogP contribution in [0.5, 0.6) is 0 Å². The average Bonchev–Trinajstić information content (AvgIpc) is 2.77. The van der Waals surface area contributed by atoms with E-state index in [4.69, 9.17) is 0 Å². The zero-order valence-electron chi connectivity index (χ0n) is 13.5. The average molecular weight is 368 g/mol. The van der Waals surface area contributed by atoms with E-state index in [1.807, 2.05) is 0 Å². The Bertz CT molecular complexity index is 535. The third-order valence-electron chi connectivity index (χ3n) is 7.80. The maximum Gasteiger partial charge on any atom is 0.234 e. The van der Waals surface area contributed by atoms with Crippen LogP contribution in [0.15, 0.2) is 0 Å². The van der Waals surface area contributed by atoms with Crippen LogP contribution < -0.4 is 5.32 Å². The van der Waals surface area contributed by atoms with Gasteiger partial charge in [-0.25, -0.2) is 0 Å². The number of rotatable bonds is 0. The van der Waals surface area contributed by atoms with Gasteiger partial charge in [-0.05, 0) is 61.7 Å². The number of ketones is 1. The first-order chi connectivity index (χ1) is 10.4. The number of amides is 1. The van der Waals surface area contributed by atoms with E-state index in [9.17, 15) is 9.59 Å². The highest BCUT2D eigenvalue weighted by molar-refractivity contribution is 9.10. The number of carbonyl (C=O) groups excluding carboxylic acids is 2. The van der Waals surface area contributed by atoms with E-state index in [1.165, 1.54) is 6.42 Å². The maximum absolute atomic E-state index is 12.4. The molecule has 2 unspecified atom stereocenters. The van der Waals surface area contributed by atoms with Gasteiger partial charge in [-0.1, -0.05) is 29.8 Å². The van der Waals surface area contributed by atoms with Gasteiger partial charge >= 0.3 is 0 Å². The SMILES string of the molecule is C[C@]12CC(Br)C(=O)NC1CC[C@@H]1[C@H]2CC[C@]2(C)C(=O)CC[C@@H]12. The highest BCUT2D eigenvalue weighted by atomic mass is 79.9. The Labute approximate surface area is 141 Å². The normalized spacial score (nSPS) is 54.2. The number of alkyl halides is 1. The predicted molar refractivity (Wildman–Crippen MR) is 88.7 cm³/mol. The fraction of sp³-hybridized carbons (Fsp3) is 0.889. The van der Waals surface area contributed by atoms with Gasteiger partial charge in [0, 0.05) is 17.9 Å². The largest absolute Gasteiger partial charge is 0.352 e. The molecule has 7 atom stereocenters. The van der Waals surface area contributed by atoms with Crippen LogP contribution in [0.1, 0.15) is 58.8 Å². The van der Waals surface area contributed by atoms with Gasteiger partial charge in [-0.15, -0.1) is 0 Å². The highest BCUT2D eigenvalue weighted by Crippen LogP contribution is 2.63. The van der Waals surface area contributed by atoms with Crippen LogP contribution in [-0.2, 0) is 9.59 Å². The standard InChI is InChI=1S/C18H26BrNO2/c1-17-8-7-12-10(11(17)4-6-15(17)21)3-5-14-18(12,2)9-13(19)16(22)20-14/h10-14H,3-9H2,1-2H3,(H,20,22)/t10-,11-,12+,13?,14?,17-,18+/m0/s1. The lowest BCUT2D eigenvalue weighted by molar-refractivity contribution is -0.140. The van der Waals surface area contributed by atoms with E-state index in [2.05, 4.69) is 35.1 Å². The van der Waals surface area contributed by atoms with Crippen LogP contribution in [0.2, 0.25) is 0 Å². The Morgan fingerprint density at radius 1 is 1.09 bits per heavy atom. The molecule has 1 heterocycles. The van der Waals surface area contributed by atoms with Crippen LogP contribution in [0.25, 0.3) is 0 Å². The van der Waals surface area contributed by atoms with E-state index in [0.717, 1.165) is 38.5 Å². The molecule has 0 radical (unpaired) electrons. The van der Waals surface area contributed by atoms with Crippen molar-refractivity contribution in [2.75, 3.05) is 0 Å². The van der Waals surface area contributed by atoms with Crippen molar-refractivity contribution in [1.29, 1.82) is 0 Å². The first-order valence-electron chi connectivity index (χ1n) is 8.84. The van der Waals surface area contributed by atoms with Crippen LogP contribution in [-0.4, -0.2) is 22.6 Å². The molecule has 122 valence electrons. The first kappa shape index (κ1) is 15.2. The van der Waals surface area contributed by atoms with Gasteiger partial charge in [0.15, 0.2) is 0 Å². The topological polar surface area (TPSA) is 46.2 Å². The van der Waals surface area contributed by atoms with Crippen LogP contribution >= 0.6 is 15.9 Å². The molecule has 1 amide bonds. The number of hydrogen-bond donors (Lipinski definition) is 1. The summed E-state index contributed by atoms with van der Waals surface area (Å²) in [5, 5.41) is 3.27. The van der Waals surface area contributed by atoms with Crippen molar-refractivity contribution in [3.05, 3.63) is 0 Å². The second-order valence-electron chi connectivity index (χ2n) is 8.61. The summed E-state index contributed by atoms with van der Waals surface area (Å²) in [5.41, 5.74) is 0.147. The quantitative estimate of drug-likeness (QED) is 0.666. The monoisotopic (exact) mass is 367 g/mol. The van der Waals surface area contributed by atoms with Crippen molar-refractivity contribution in [3.63, 3.8) is 0 Å². The summed E-state index contributed by atoms with van der Waals surface area (Å²) in [5.74, 6) is 2.61. The molecule has 4 heteroatoms. The second-order valence-corrected chi connectivity index (χ2v) is 9.72. The van der Waals surface area contributed by atoms with E-state index < -0.39 is 0 Å². The van der Waals surface area contributed by atoms with Crippen molar-refractivity contribution in [2.45, 2.75) is 69.7 Å². The van der Waals surface area contributed by atoms with Crippen LogP contribution in [0, 0.1) is 28.6 Å². The summed E-state index contributed by atoms with van der Waals surface area (Å²) in [6.45, 7) is 4.62. The number of fused-ring (bicyclic) bond motifs is 5. The summed E-state index contributed by atoms with van der Waals surface area (Å²) >= 11 is 3.58. The number of Topliss-reactive ketones (excluding diaryl/α,β-unsaturated/α-hetero) is 1. The number of carbonyl (C=O) groups is 2. The van der Waals surface area contributed by atoms with Crippen molar-refractivity contribution >= 4 is 27.6 Å². The third kappa shape index (κ3) is 1.85. The summed E-state index contributed by atoms with van der Waals surface area (Å²) < 4.78 is 0. The molecule has 0 aromatic heterocycles. The maximum atomic E-state index is 12.4. The Balaban J connectivity index is 1.66. The first-order valence-corrected chi connectivity index (χ1v) is 9.75. The van der Waals surface area contributed by atoms with E-state index >= 15 is 0 Å². The van der Waals surface area contributed by atoms with E-state index in [-0.39, 0.29) is 21.6 Å². The molecule has 0 aromatic rings. The minimum atomic E-state index is -0.0500.